The predicted octanol–water partition coefficient (Wildman–Crippen LogP) is 4.84. The minimum Gasteiger partial charge on any atom is -0.490 e. The van der Waals surface area contributed by atoms with Gasteiger partial charge in [-0.2, -0.15) is 0 Å². The van der Waals surface area contributed by atoms with Crippen molar-refractivity contribution in [2.75, 3.05) is 25.1 Å². The lowest BCUT2D eigenvalue weighted by molar-refractivity contribution is -0.115. The Morgan fingerprint density at radius 2 is 1.64 bits per heavy atom. The second-order valence-electron chi connectivity index (χ2n) is 7.74. The molecule has 1 aliphatic heterocycles. The fraction of sp³-hybridized carbons (Fsp3) is 0.259. The summed E-state index contributed by atoms with van der Waals surface area (Å²) < 4.78 is 11.6. The highest BCUT2D eigenvalue weighted by atomic mass is 16.5. The van der Waals surface area contributed by atoms with Crippen molar-refractivity contribution in [2.24, 2.45) is 10.7 Å². The standard InChI is InChI=1S/C27H29N3O3/c1-3-32-23-16-21-22(17-24(23)33-4-2)30-27(31)25(21)26(19-8-6-5-7-9-19)29-20-12-10-18(11-13-20)14-15-28/h5-13,16-17,25H,3-4,14-15,28H2,1-2H3,(H,30,31). The summed E-state index contributed by atoms with van der Waals surface area (Å²) in [4.78, 5) is 18.2. The molecule has 3 aromatic rings. The van der Waals surface area contributed by atoms with E-state index in [1.807, 2.05) is 80.6 Å². The molecule has 0 saturated carbocycles. The Morgan fingerprint density at radius 1 is 0.970 bits per heavy atom. The fourth-order valence-corrected chi connectivity index (χ4v) is 4.02. The molecule has 6 heteroatoms. The van der Waals surface area contributed by atoms with Crippen molar-refractivity contribution >= 4 is 23.0 Å². The van der Waals surface area contributed by atoms with Crippen LogP contribution in [0.3, 0.4) is 0 Å². The Morgan fingerprint density at radius 3 is 2.27 bits per heavy atom. The highest BCUT2D eigenvalue weighted by molar-refractivity contribution is 6.24. The molecule has 0 radical (unpaired) electrons. The van der Waals surface area contributed by atoms with Crippen LogP contribution in [0.25, 0.3) is 0 Å². The van der Waals surface area contributed by atoms with Gasteiger partial charge in [-0.3, -0.25) is 9.79 Å². The van der Waals surface area contributed by atoms with E-state index in [-0.39, 0.29) is 5.91 Å². The summed E-state index contributed by atoms with van der Waals surface area (Å²) >= 11 is 0. The monoisotopic (exact) mass is 443 g/mol. The molecule has 0 bridgehead atoms. The predicted molar refractivity (Wildman–Crippen MR) is 132 cm³/mol. The number of aliphatic imine (C=N–C) groups is 1. The first-order chi connectivity index (χ1) is 16.1. The van der Waals surface area contributed by atoms with Gasteiger partial charge in [-0.15, -0.1) is 0 Å². The number of nitrogens with one attached hydrogen (secondary N) is 1. The maximum absolute atomic E-state index is 13.2. The molecule has 0 spiro atoms. The van der Waals surface area contributed by atoms with Crippen molar-refractivity contribution in [1.82, 2.24) is 0 Å². The molecular weight excluding hydrogens is 414 g/mol. The average molecular weight is 444 g/mol. The summed E-state index contributed by atoms with van der Waals surface area (Å²) in [5.41, 5.74) is 10.7. The van der Waals surface area contributed by atoms with Crippen LogP contribution in [0.2, 0.25) is 0 Å². The van der Waals surface area contributed by atoms with Gasteiger partial charge < -0.3 is 20.5 Å². The molecule has 1 amide bonds. The lowest BCUT2D eigenvalue weighted by Gasteiger charge is -2.16. The van der Waals surface area contributed by atoms with Crippen molar-refractivity contribution in [3.05, 3.63) is 83.4 Å². The van der Waals surface area contributed by atoms with E-state index in [1.54, 1.807) is 0 Å². The number of carbonyl (C=O) groups is 1. The molecule has 4 rings (SSSR count). The molecule has 0 fully saturated rings. The number of anilines is 1. The molecule has 33 heavy (non-hydrogen) atoms. The average Bonchev–Trinajstić information content (AvgIpc) is 3.14. The molecule has 3 N–H and O–H groups in total. The number of hydrogen-bond acceptors (Lipinski definition) is 5. The van der Waals surface area contributed by atoms with Gasteiger partial charge in [0.15, 0.2) is 11.5 Å². The topological polar surface area (TPSA) is 85.9 Å². The van der Waals surface area contributed by atoms with Crippen LogP contribution in [0.4, 0.5) is 11.4 Å². The number of nitrogens with zero attached hydrogens (tertiary/aromatic N) is 1. The van der Waals surface area contributed by atoms with E-state index in [0.717, 1.165) is 34.5 Å². The molecule has 1 aliphatic rings. The zero-order valence-electron chi connectivity index (χ0n) is 19.0. The van der Waals surface area contributed by atoms with Crippen LogP contribution >= 0.6 is 0 Å². The minimum absolute atomic E-state index is 0.122. The number of carbonyl (C=O) groups excluding carboxylic acids is 1. The smallest absolute Gasteiger partial charge is 0.238 e. The number of amides is 1. The van der Waals surface area contributed by atoms with Gasteiger partial charge in [0.05, 0.1) is 24.6 Å². The van der Waals surface area contributed by atoms with Crippen molar-refractivity contribution in [3.8, 4) is 11.5 Å². The molecule has 170 valence electrons. The largest absolute Gasteiger partial charge is 0.490 e. The third-order valence-electron chi connectivity index (χ3n) is 5.51. The van der Waals surface area contributed by atoms with Gasteiger partial charge in [-0.05, 0) is 61.7 Å². The van der Waals surface area contributed by atoms with E-state index in [9.17, 15) is 4.79 Å². The second kappa shape index (κ2) is 10.3. The zero-order valence-corrected chi connectivity index (χ0v) is 19.0. The molecule has 0 saturated heterocycles. The molecule has 1 atom stereocenters. The van der Waals surface area contributed by atoms with Gasteiger partial charge in [-0.25, -0.2) is 0 Å². The van der Waals surface area contributed by atoms with Crippen LogP contribution in [0.5, 0.6) is 11.5 Å². The second-order valence-corrected chi connectivity index (χ2v) is 7.74. The van der Waals surface area contributed by atoms with E-state index < -0.39 is 5.92 Å². The van der Waals surface area contributed by atoms with Gasteiger partial charge in [0.2, 0.25) is 5.91 Å². The van der Waals surface area contributed by atoms with E-state index in [1.165, 1.54) is 0 Å². The molecule has 0 aromatic heterocycles. The third-order valence-corrected chi connectivity index (χ3v) is 5.51. The first kappa shape index (κ1) is 22.6. The van der Waals surface area contributed by atoms with Crippen LogP contribution in [0.1, 0.15) is 36.5 Å². The fourth-order valence-electron chi connectivity index (χ4n) is 4.02. The quantitative estimate of drug-likeness (QED) is 0.463. The highest BCUT2D eigenvalue weighted by Gasteiger charge is 2.36. The Kier molecular flexibility index (Phi) is 7.05. The normalized spacial score (nSPS) is 15.2. The van der Waals surface area contributed by atoms with Gasteiger partial charge in [0.1, 0.15) is 5.92 Å². The van der Waals surface area contributed by atoms with Crippen LogP contribution in [0.15, 0.2) is 71.7 Å². The molecule has 1 heterocycles. The van der Waals surface area contributed by atoms with Crippen molar-refractivity contribution < 1.29 is 14.3 Å². The Hall–Kier alpha value is -3.64. The van der Waals surface area contributed by atoms with E-state index in [4.69, 9.17) is 20.2 Å². The molecular formula is C27H29N3O3. The molecule has 0 aliphatic carbocycles. The summed E-state index contributed by atoms with van der Waals surface area (Å²) in [6, 6.07) is 21.5. The first-order valence-electron chi connectivity index (χ1n) is 11.3. The van der Waals surface area contributed by atoms with Crippen LogP contribution in [-0.4, -0.2) is 31.4 Å². The van der Waals surface area contributed by atoms with Crippen molar-refractivity contribution in [2.45, 2.75) is 26.2 Å². The summed E-state index contributed by atoms with van der Waals surface area (Å²) in [6.07, 6.45) is 0.816. The maximum Gasteiger partial charge on any atom is 0.238 e. The molecule has 6 nitrogen and oxygen atoms in total. The number of nitrogens with two attached hydrogens (primary N) is 1. The minimum atomic E-state index is -0.569. The Bertz CT molecular complexity index is 1140. The lowest BCUT2D eigenvalue weighted by atomic mass is 9.90. The Balaban J connectivity index is 1.82. The molecule has 3 aromatic carbocycles. The number of ether oxygens (including phenoxy) is 2. The summed E-state index contributed by atoms with van der Waals surface area (Å²) in [5.74, 6) is 0.551. The summed E-state index contributed by atoms with van der Waals surface area (Å²) in [7, 11) is 0. The first-order valence-corrected chi connectivity index (χ1v) is 11.3. The van der Waals surface area contributed by atoms with Gasteiger partial charge in [-0.1, -0.05) is 42.5 Å². The van der Waals surface area contributed by atoms with Crippen molar-refractivity contribution in [1.29, 1.82) is 0 Å². The lowest BCUT2D eigenvalue weighted by Crippen LogP contribution is -2.22. The number of rotatable bonds is 9. The Labute approximate surface area is 194 Å². The van der Waals surface area contributed by atoms with Crippen molar-refractivity contribution in [3.63, 3.8) is 0 Å². The zero-order chi connectivity index (χ0) is 23.2. The SMILES string of the molecule is CCOc1cc2c(cc1OCC)C(C(=Nc1ccc(CCN)cc1)c1ccccc1)C(=O)N2. The van der Waals surface area contributed by atoms with E-state index in [0.29, 0.717) is 37.0 Å². The molecule has 1 unspecified atom stereocenters. The van der Waals surface area contributed by atoms with Crippen LogP contribution in [0, 0.1) is 0 Å². The number of benzene rings is 3. The van der Waals surface area contributed by atoms with Gasteiger partial charge in [0.25, 0.3) is 0 Å². The van der Waals surface area contributed by atoms with Crippen LogP contribution in [-0.2, 0) is 11.2 Å². The summed E-state index contributed by atoms with van der Waals surface area (Å²) in [5, 5.41) is 3.01. The third kappa shape index (κ3) is 4.91. The maximum atomic E-state index is 13.2. The van der Waals surface area contributed by atoms with Crippen LogP contribution < -0.4 is 20.5 Å². The van der Waals surface area contributed by atoms with E-state index >= 15 is 0 Å². The number of fused-ring (bicyclic) bond motifs is 1. The van der Waals surface area contributed by atoms with E-state index in [2.05, 4.69) is 5.32 Å². The highest BCUT2D eigenvalue weighted by Crippen LogP contribution is 2.43. The number of hydrogen-bond donors (Lipinski definition) is 2. The summed E-state index contributed by atoms with van der Waals surface area (Å²) in [6.45, 7) is 5.45. The van der Waals surface area contributed by atoms with Gasteiger partial charge in [0, 0.05) is 11.8 Å². The van der Waals surface area contributed by atoms with Gasteiger partial charge >= 0.3 is 0 Å².